The molecule has 0 radical (unpaired) electrons. The number of morpholine rings is 1. The van der Waals surface area contributed by atoms with Gasteiger partial charge in [-0.1, -0.05) is 37.0 Å². The Morgan fingerprint density at radius 2 is 1.75 bits per heavy atom. The molecule has 0 atom stereocenters. The molecular weight excluding hydrogens is 324 g/mol. The predicted octanol–water partition coefficient (Wildman–Crippen LogP) is -0.236. The molecule has 1 aliphatic carbocycles. The van der Waals surface area contributed by atoms with Crippen LogP contribution < -0.4 is 17.7 Å². The second kappa shape index (κ2) is 8.84. The van der Waals surface area contributed by atoms with Gasteiger partial charge in [0.2, 0.25) is 0 Å². The van der Waals surface area contributed by atoms with Crippen LogP contribution in [-0.4, -0.2) is 49.2 Å². The van der Waals surface area contributed by atoms with E-state index in [1.165, 1.54) is 37.7 Å². The normalized spacial score (nSPS) is 20.9. The number of hydrogen-bond donors (Lipinski definition) is 1. The smallest absolute Gasteiger partial charge is 0.251 e. The molecule has 1 aliphatic heterocycles. The Bertz CT molecular complexity index is 521. The second-order valence-electron chi connectivity index (χ2n) is 6.93. The van der Waals surface area contributed by atoms with Crippen LogP contribution in [0.15, 0.2) is 24.3 Å². The fourth-order valence-corrected chi connectivity index (χ4v) is 3.90. The molecule has 134 valence electrons. The summed E-state index contributed by atoms with van der Waals surface area (Å²) in [6.45, 7) is 6.39. The summed E-state index contributed by atoms with van der Waals surface area (Å²) in [7, 11) is 0. The lowest BCUT2D eigenvalue weighted by Crippen LogP contribution is -3.00. The lowest BCUT2D eigenvalue weighted by atomic mass is 9.79. The van der Waals surface area contributed by atoms with E-state index in [0.717, 1.165) is 38.4 Å². The molecule has 1 saturated heterocycles. The number of amides is 1. The van der Waals surface area contributed by atoms with Crippen molar-refractivity contribution in [2.45, 2.75) is 44.6 Å². The van der Waals surface area contributed by atoms with Crippen molar-refractivity contribution >= 4 is 5.91 Å². The number of nitrogens with one attached hydrogen (secondary N) is 1. The molecule has 1 aromatic carbocycles. The molecule has 1 aromatic rings. The quantitative estimate of drug-likeness (QED) is 0.814. The van der Waals surface area contributed by atoms with Crippen LogP contribution in [0.25, 0.3) is 0 Å². The molecule has 2 fully saturated rings. The van der Waals surface area contributed by atoms with Gasteiger partial charge in [0.05, 0.1) is 13.2 Å². The highest BCUT2D eigenvalue weighted by Crippen LogP contribution is 2.33. The van der Waals surface area contributed by atoms with E-state index in [9.17, 15) is 4.79 Å². The highest BCUT2D eigenvalue weighted by molar-refractivity contribution is 5.94. The number of hydrogen-bond acceptors (Lipinski definition) is 3. The van der Waals surface area contributed by atoms with Crippen molar-refractivity contribution in [3.63, 3.8) is 0 Å². The maximum absolute atomic E-state index is 12.5. The van der Waals surface area contributed by atoms with Crippen molar-refractivity contribution in [3.8, 4) is 0 Å². The molecule has 1 N–H and O–H groups in total. The van der Waals surface area contributed by atoms with Gasteiger partial charge in [-0.15, -0.1) is 0 Å². The highest BCUT2D eigenvalue weighted by Gasteiger charge is 2.38. The van der Waals surface area contributed by atoms with Crippen LogP contribution in [0, 0.1) is 6.92 Å². The third kappa shape index (κ3) is 4.50. The van der Waals surface area contributed by atoms with Crippen molar-refractivity contribution in [3.05, 3.63) is 35.4 Å². The van der Waals surface area contributed by atoms with Crippen molar-refractivity contribution < 1.29 is 21.9 Å². The Balaban J connectivity index is 0.00000208. The summed E-state index contributed by atoms with van der Waals surface area (Å²) < 4.78 is 5.51. The van der Waals surface area contributed by atoms with Gasteiger partial charge in [-0.3, -0.25) is 9.69 Å². The number of ether oxygens (including phenoxy) is 1. The summed E-state index contributed by atoms with van der Waals surface area (Å²) in [5.74, 6) is 0.0446. The molecule has 4 nitrogen and oxygen atoms in total. The van der Waals surface area contributed by atoms with Gasteiger partial charge in [0, 0.05) is 30.7 Å². The lowest BCUT2D eigenvalue weighted by Gasteiger charge is -2.48. The van der Waals surface area contributed by atoms with Gasteiger partial charge in [-0.25, -0.2) is 0 Å². The molecule has 1 amide bonds. The summed E-state index contributed by atoms with van der Waals surface area (Å²) in [6, 6.07) is 7.81. The van der Waals surface area contributed by atoms with Crippen molar-refractivity contribution in [2.75, 3.05) is 32.8 Å². The molecule has 24 heavy (non-hydrogen) atoms. The number of carbonyl (C=O) groups excluding carboxylic acids is 1. The van der Waals surface area contributed by atoms with Crippen LogP contribution in [-0.2, 0) is 4.74 Å². The lowest BCUT2D eigenvalue weighted by molar-refractivity contribution is -0.0361. The third-order valence-corrected chi connectivity index (χ3v) is 5.36. The van der Waals surface area contributed by atoms with Crippen LogP contribution in [0.2, 0.25) is 0 Å². The van der Waals surface area contributed by atoms with E-state index in [1.54, 1.807) is 0 Å². The molecule has 1 saturated carbocycles. The third-order valence-electron chi connectivity index (χ3n) is 5.36. The number of aryl methyl sites for hydroxylation is 1. The van der Waals surface area contributed by atoms with Crippen molar-refractivity contribution in [1.82, 2.24) is 10.2 Å². The van der Waals surface area contributed by atoms with Crippen molar-refractivity contribution in [1.29, 1.82) is 0 Å². The average molecular weight is 352 g/mol. The molecule has 0 aromatic heterocycles. The Hall–Kier alpha value is -1.10. The van der Waals surface area contributed by atoms with E-state index in [2.05, 4.69) is 10.2 Å². The van der Waals surface area contributed by atoms with E-state index in [4.69, 9.17) is 4.74 Å². The van der Waals surface area contributed by atoms with Gasteiger partial charge in [0.1, 0.15) is 0 Å². The summed E-state index contributed by atoms with van der Waals surface area (Å²) in [5, 5.41) is 3.20. The van der Waals surface area contributed by atoms with Crippen LogP contribution in [0.1, 0.15) is 48.0 Å². The Kier molecular flexibility index (Phi) is 7.08. The number of carbonyl (C=O) groups is 1. The zero-order valence-electron chi connectivity index (χ0n) is 14.5. The van der Waals surface area contributed by atoms with Gasteiger partial charge in [0.25, 0.3) is 5.91 Å². The molecule has 1 heterocycles. The molecule has 0 bridgehead atoms. The van der Waals surface area contributed by atoms with Crippen LogP contribution >= 0.6 is 0 Å². The minimum absolute atomic E-state index is 0. The van der Waals surface area contributed by atoms with Crippen LogP contribution in [0.3, 0.4) is 0 Å². The van der Waals surface area contributed by atoms with E-state index < -0.39 is 0 Å². The topological polar surface area (TPSA) is 41.6 Å². The van der Waals surface area contributed by atoms with E-state index >= 15 is 0 Å². The van der Waals surface area contributed by atoms with Gasteiger partial charge >= 0.3 is 0 Å². The first-order chi connectivity index (χ1) is 11.2. The maximum Gasteiger partial charge on any atom is 0.251 e. The van der Waals surface area contributed by atoms with Gasteiger partial charge in [-0.2, -0.15) is 0 Å². The minimum atomic E-state index is 0. The standard InChI is InChI=1S/C19H28N2O2.ClH/c1-16-5-7-17(8-6-16)18(22)20-15-19(9-3-2-4-10-19)21-11-13-23-14-12-21;/h5-8H,2-4,9-15H2,1H3,(H,20,22);1H/p-1. The van der Waals surface area contributed by atoms with E-state index in [0.29, 0.717) is 0 Å². The molecule has 5 heteroatoms. The largest absolute Gasteiger partial charge is 1.00 e. The molecular formula is C19H28ClN2O2-. The Labute approximate surface area is 151 Å². The predicted molar refractivity (Wildman–Crippen MR) is 91.7 cm³/mol. The van der Waals surface area contributed by atoms with Gasteiger partial charge in [0.15, 0.2) is 0 Å². The van der Waals surface area contributed by atoms with Gasteiger partial charge in [-0.05, 0) is 31.9 Å². The number of benzene rings is 1. The maximum atomic E-state index is 12.5. The molecule has 2 aliphatic rings. The second-order valence-corrected chi connectivity index (χ2v) is 6.93. The molecule has 0 unspecified atom stereocenters. The first-order valence-electron chi connectivity index (χ1n) is 8.87. The monoisotopic (exact) mass is 351 g/mol. The summed E-state index contributed by atoms with van der Waals surface area (Å²) in [6.07, 6.45) is 6.20. The molecule has 3 rings (SSSR count). The highest BCUT2D eigenvalue weighted by atomic mass is 35.5. The van der Waals surface area contributed by atoms with Crippen molar-refractivity contribution in [2.24, 2.45) is 0 Å². The van der Waals surface area contributed by atoms with Crippen LogP contribution in [0.5, 0.6) is 0 Å². The van der Waals surface area contributed by atoms with Gasteiger partial charge < -0.3 is 22.5 Å². The minimum Gasteiger partial charge on any atom is -1.00 e. The Morgan fingerprint density at radius 3 is 2.38 bits per heavy atom. The number of halogens is 1. The summed E-state index contributed by atoms with van der Waals surface area (Å²) >= 11 is 0. The fraction of sp³-hybridized carbons (Fsp3) is 0.632. The average Bonchev–Trinajstić information content (AvgIpc) is 2.62. The first kappa shape index (κ1) is 19.2. The zero-order valence-corrected chi connectivity index (χ0v) is 15.3. The number of rotatable bonds is 4. The van der Waals surface area contributed by atoms with Crippen LogP contribution in [0.4, 0.5) is 0 Å². The summed E-state index contributed by atoms with van der Waals surface area (Å²) in [5.41, 5.74) is 2.06. The first-order valence-corrected chi connectivity index (χ1v) is 8.87. The molecule has 0 spiro atoms. The summed E-state index contributed by atoms with van der Waals surface area (Å²) in [4.78, 5) is 15.0. The Morgan fingerprint density at radius 1 is 1.12 bits per heavy atom. The van der Waals surface area contributed by atoms with E-state index in [-0.39, 0.29) is 23.9 Å². The number of nitrogens with zero attached hydrogens (tertiary/aromatic N) is 1. The van der Waals surface area contributed by atoms with E-state index in [1.807, 2.05) is 31.2 Å². The SMILES string of the molecule is Cc1ccc(C(=O)NCC2(N3CCOCC3)CCCCC2)cc1.[Cl-]. The zero-order chi connectivity index (χ0) is 16.1. The fourth-order valence-electron chi connectivity index (χ4n) is 3.90.